The zero-order valence-electron chi connectivity index (χ0n) is 12.1. The number of hydrogen-bond donors (Lipinski definition) is 2. The van der Waals surface area contributed by atoms with Crippen LogP contribution in [0.4, 0.5) is 5.69 Å². The predicted molar refractivity (Wildman–Crippen MR) is 93.2 cm³/mol. The average molecular weight is 384 g/mol. The van der Waals surface area contributed by atoms with Crippen LogP contribution in [0.2, 0.25) is 10.0 Å². The Balaban J connectivity index is 1.81. The maximum Gasteiger partial charge on any atom is 0.240 e. The van der Waals surface area contributed by atoms with E-state index in [1.807, 2.05) is 0 Å². The maximum atomic E-state index is 12.3. The number of aromatic nitrogens is 2. The summed E-state index contributed by atoms with van der Waals surface area (Å²) in [5, 5.41) is 2.59. The minimum absolute atomic E-state index is 0.147. The number of H-pyrrole nitrogens is 1. The average Bonchev–Trinajstić information content (AvgIpc) is 2.96. The number of amides is 1. The summed E-state index contributed by atoms with van der Waals surface area (Å²) >= 11 is 11.8. The van der Waals surface area contributed by atoms with E-state index in [4.69, 9.17) is 23.2 Å². The van der Waals surface area contributed by atoms with Crippen molar-refractivity contribution < 1.29 is 13.2 Å². The molecule has 1 amide bonds. The highest BCUT2D eigenvalue weighted by Gasteiger charge is 2.23. The van der Waals surface area contributed by atoms with Crippen molar-refractivity contribution >= 4 is 55.7 Å². The number of halogens is 2. The summed E-state index contributed by atoms with van der Waals surface area (Å²) < 4.78 is 24.7. The molecule has 1 heterocycles. The van der Waals surface area contributed by atoms with Crippen molar-refractivity contribution in [2.24, 2.45) is 0 Å². The highest BCUT2D eigenvalue weighted by Crippen LogP contribution is 2.29. The Morgan fingerprint density at radius 3 is 2.62 bits per heavy atom. The molecule has 0 bridgehead atoms. The van der Waals surface area contributed by atoms with Crippen LogP contribution < -0.4 is 5.32 Å². The normalized spacial score (nSPS) is 11.6. The van der Waals surface area contributed by atoms with Crippen LogP contribution in [0.25, 0.3) is 11.0 Å². The van der Waals surface area contributed by atoms with Crippen LogP contribution in [0.15, 0.2) is 47.6 Å². The van der Waals surface area contributed by atoms with Gasteiger partial charge in [-0.25, -0.2) is 13.4 Å². The Bertz CT molecular complexity index is 998. The molecule has 0 unspecified atom stereocenters. The van der Waals surface area contributed by atoms with Crippen molar-refractivity contribution in [1.29, 1.82) is 0 Å². The number of imidazole rings is 1. The number of fused-ring (bicyclic) bond motifs is 1. The standard InChI is InChI=1S/C15H11Cl2N3O3S/c16-9-4-3-7-12(14(9)17)18-13(21)8-24(22,23)15-19-10-5-1-2-6-11(10)20-15/h1-7H,8H2,(H,18,21)(H,19,20). The quantitative estimate of drug-likeness (QED) is 0.722. The second-order valence-corrected chi connectivity index (χ2v) is 7.66. The highest BCUT2D eigenvalue weighted by atomic mass is 35.5. The lowest BCUT2D eigenvalue weighted by Gasteiger charge is -2.07. The smallest absolute Gasteiger partial charge is 0.240 e. The molecule has 0 saturated heterocycles. The van der Waals surface area contributed by atoms with Gasteiger partial charge in [-0.05, 0) is 24.3 Å². The third-order valence-electron chi connectivity index (χ3n) is 3.21. The lowest BCUT2D eigenvalue weighted by atomic mass is 10.3. The third-order valence-corrected chi connectivity index (χ3v) is 5.45. The number of aromatic amines is 1. The lowest BCUT2D eigenvalue weighted by Crippen LogP contribution is -2.23. The van der Waals surface area contributed by atoms with E-state index < -0.39 is 21.5 Å². The molecule has 9 heteroatoms. The number of para-hydroxylation sites is 2. The summed E-state index contributed by atoms with van der Waals surface area (Å²) in [5.41, 5.74) is 1.33. The highest BCUT2D eigenvalue weighted by molar-refractivity contribution is 7.92. The molecule has 0 aliphatic heterocycles. The van der Waals surface area contributed by atoms with E-state index in [1.54, 1.807) is 36.4 Å². The fourth-order valence-electron chi connectivity index (χ4n) is 2.10. The van der Waals surface area contributed by atoms with Gasteiger partial charge in [0.2, 0.25) is 20.9 Å². The number of rotatable bonds is 4. The van der Waals surface area contributed by atoms with Gasteiger partial charge in [-0.2, -0.15) is 0 Å². The molecule has 3 aromatic rings. The first-order chi connectivity index (χ1) is 11.4. The van der Waals surface area contributed by atoms with Gasteiger partial charge in [0.25, 0.3) is 0 Å². The first-order valence-electron chi connectivity index (χ1n) is 6.78. The van der Waals surface area contributed by atoms with E-state index in [-0.39, 0.29) is 20.9 Å². The van der Waals surface area contributed by atoms with Gasteiger partial charge in [0.1, 0.15) is 5.75 Å². The van der Waals surface area contributed by atoms with Gasteiger partial charge in [-0.3, -0.25) is 4.79 Å². The van der Waals surface area contributed by atoms with E-state index in [0.717, 1.165) is 0 Å². The number of sulfone groups is 1. The first-order valence-corrected chi connectivity index (χ1v) is 9.19. The van der Waals surface area contributed by atoms with Crippen molar-refractivity contribution in [2.45, 2.75) is 5.16 Å². The number of carbonyl (C=O) groups is 1. The second-order valence-electron chi connectivity index (χ2n) is 4.97. The van der Waals surface area contributed by atoms with Crippen molar-refractivity contribution in [3.63, 3.8) is 0 Å². The van der Waals surface area contributed by atoms with Gasteiger partial charge < -0.3 is 10.3 Å². The number of anilines is 1. The molecule has 0 aliphatic carbocycles. The van der Waals surface area contributed by atoms with Crippen molar-refractivity contribution in [3.8, 4) is 0 Å². The van der Waals surface area contributed by atoms with Crippen LogP contribution in [-0.4, -0.2) is 30.0 Å². The number of benzene rings is 2. The van der Waals surface area contributed by atoms with Crippen molar-refractivity contribution in [3.05, 3.63) is 52.5 Å². The van der Waals surface area contributed by atoms with E-state index in [1.165, 1.54) is 6.07 Å². The molecule has 0 aliphatic rings. The van der Waals surface area contributed by atoms with Gasteiger partial charge in [0.15, 0.2) is 0 Å². The predicted octanol–water partition coefficient (Wildman–Crippen LogP) is 3.28. The maximum absolute atomic E-state index is 12.3. The van der Waals surface area contributed by atoms with E-state index in [0.29, 0.717) is 11.0 Å². The van der Waals surface area contributed by atoms with Gasteiger partial charge in [-0.15, -0.1) is 0 Å². The summed E-state index contributed by atoms with van der Waals surface area (Å²) in [6.07, 6.45) is 0. The van der Waals surface area contributed by atoms with Gasteiger partial charge >= 0.3 is 0 Å². The Kier molecular flexibility index (Phi) is 4.49. The molecule has 6 nitrogen and oxygen atoms in total. The number of nitrogens with one attached hydrogen (secondary N) is 2. The van der Waals surface area contributed by atoms with Gasteiger partial charge in [0, 0.05) is 0 Å². The second kappa shape index (κ2) is 6.43. The fraction of sp³-hybridized carbons (Fsp3) is 0.0667. The van der Waals surface area contributed by atoms with Crippen LogP contribution in [0.1, 0.15) is 0 Å². The minimum Gasteiger partial charge on any atom is -0.329 e. The molecule has 3 rings (SSSR count). The molecule has 0 fully saturated rings. The fourth-order valence-corrected chi connectivity index (χ4v) is 3.51. The Morgan fingerprint density at radius 1 is 1.12 bits per heavy atom. The monoisotopic (exact) mass is 383 g/mol. The molecule has 124 valence electrons. The summed E-state index contributed by atoms with van der Waals surface area (Å²) in [7, 11) is -3.92. The summed E-state index contributed by atoms with van der Waals surface area (Å²) in [5.74, 6) is -1.50. The molecule has 2 N–H and O–H groups in total. The van der Waals surface area contributed by atoms with E-state index >= 15 is 0 Å². The molecule has 0 spiro atoms. The molecule has 2 aromatic carbocycles. The summed E-state index contributed by atoms with van der Waals surface area (Å²) in [4.78, 5) is 18.8. The zero-order valence-corrected chi connectivity index (χ0v) is 14.4. The number of carbonyl (C=O) groups excluding carboxylic acids is 1. The van der Waals surface area contributed by atoms with Crippen LogP contribution in [0, 0.1) is 0 Å². The Hall–Kier alpha value is -2.09. The van der Waals surface area contributed by atoms with Crippen molar-refractivity contribution in [2.75, 3.05) is 11.1 Å². The molecule has 24 heavy (non-hydrogen) atoms. The number of hydrogen-bond acceptors (Lipinski definition) is 4. The van der Waals surface area contributed by atoms with E-state index in [2.05, 4.69) is 15.3 Å². The molecule has 0 atom stereocenters. The third kappa shape index (κ3) is 3.38. The number of nitrogens with zero attached hydrogens (tertiary/aromatic N) is 1. The molecule has 0 saturated carbocycles. The molecule has 0 radical (unpaired) electrons. The Morgan fingerprint density at radius 2 is 1.88 bits per heavy atom. The van der Waals surface area contributed by atoms with Gasteiger partial charge in [-0.1, -0.05) is 41.4 Å². The van der Waals surface area contributed by atoms with Crippen LogP contribution in [0.3, 0.4) is 0 Å². The Labute approximate surface area is 147 Å². The zero-order chi connectivity index (χ0) is 17.3. The first kappa shape index (κ1) is 16.8. The lowest BCUT2D eigenvalue weighted by molar-refractivity contribution is -0.113. The van der Waals surface area contributed by atoms with Crippen LogP contribution in [0.5, 0.6) is 0 Å². The van der Waals surface area contributed by atoms with Crippen LogP contribution >= 0.6 is 23.2 Å². The van der Waals surface area contributed by atoms with Gasteiger partial charge in [0.05, 0.1) is 26.8 Å². The SMILES string of the molecule is O=C(CS(=O)(=O)c1nc2ccccc2[nH]1)Nc1cccc(Cl)c1Cl. The molecule has 1 aromatic heterocycles. The molecular weight excluding hydrogens is 373 g/mol. The minimum atomic E-state index is -3.92. The van der Waals surface area contributed by atoms with Crippen molar-refractivity contribution in [1.82, 2.24) is 9.97 Å². The molecular formula is C15H11Cl2N3O3S. The summed E-state index contributed by atoms with van der Waals surface area (Å²) in [6.45, 7) is 0. The largest absolute Gasteiger partial charge is 0.329 e. The summed E-state index contributed by atoms with van der Waals surface area (Å²) in [6, 6.07) is 11.6. The topological polar surface area (TPSA) is 91.9 Å². The van der Waals surface area contributed by atoms with E-state index in [9.17, 15) is 13.2 Å². The van der Waals surface area contributed by atoms with Crippen LogP contribution in [-0.2, 0) is 14.6 Å².